The number of nitro groups is 1. The van der Waals surface area contributed by atoms with E-state index in [2.05, 4.69) is 21.0 Å². The average molecular weight is 410 g/mol. The van der Waals surface area contributed by atoms with Crippen molar-refractivity contribution in [3.8, 4) is 0 Å². The zero-order valence-corrected chi connectivity index (χ0v) is 16.6. The van der Waals surface area contributed by atoms with Crippen molar-refractivity contribution in [2.45, 2.75) is 19.3 Å². The molecule has 0 bridgehead atoms. The van der Waals surface area contributed by atoms with Crippen LogP contribution in [0, 0.1) is 10.1 Å². The number of rotatable bonds is 5. The van der Waals surface area contributed by atoms with Crippen LogP contribution >= 0.6 is 0 Å². The van der Waals surface area contributed by atoms with Gasteiger partial charge >= 0.3 is 5.69 Å². The molecule has 156 valence electrons. The predicted octanol–water partition coefficient (Wildman–Crippen LogP) is 2.24. The molecule has 1 N–H and O–H groups in total. The average Bonchev–Trinajstić information content (AvgIpc) is 3.39. The fraction of sp³-hybridized carbons (Fsp3) is 0.400. The van der Waals surface area contributed by atoms with Gasteiger partial charge in [0.2, 0.25) is 11.6 Å². The van der Waals surface area contributed by atoms with Crippen molar-refractivity contribution < 1.29 is 14.4 Å². The Hall–Kier alpha value is -3.24. The molecule has 1 saturated heterocycles. The number of H-pyrrole nitrogens is 1. The van der Waals surface area contributed by atoms with Crippen LogP contribution in [0.5, 0.6) is 0 Å². The van der Waals surface area contributed by atoms with Gasteiger partial charge in [-0.05, 0) is 18.1 Å². The number of aromatic amines is 1. The van der Waals surface area contributed by atoms with Gasteiger partial charge in [-0.15, -0.1) is 0 Å². The molecule has 3 aromatic rings. The molecule has 10 nitrogen and oxygen atoms in total. The highest BCUT2D eigenvalue weighted by Gasteiger charge is 2.32. The van der Waals surface area contributed by atoms with Gasteiger partial charge < -0.3 is 24.3 Å². The summed E-state index contributed by atoms with van der Waals surface area (Å²) in [6.07, 6.45) is 1.75. The summed E-state index contributed by atoms with van der Waals surface area (Å²) in [4.78, 5) is 27.2. The minimum atomic E-state index is -0.420. The van der Waals surface area contributed by atoms with E-state index in [1.165, 1.54) is 17.3 Å². The number of benzene rings is 1. The number of hydrogen-bond donors (Lipinski definition) is 1. The molecule has 1 fully saturated rings. The Morgan fingerprint density at radius 3 is 2.90 bits per heavy atom. The van der Waals surface area contributed by atoms with Gasteiger partial charge in [0, 0.05) is 30.2 Å². The maximum Gasteiger partial charge on any atom is 0.353 e. The van der Waals surface area contributed by atoms with Crippen molar-refractivity contribution in [2.75, 3.05) is 43.2 Å². The molecule has 1 aromatic carbocycles. The van der Waals surface area contributed by atoms with Gasteiger partial charge in [-0.3, -0.25) is 10.1 Å². The summed E-state index contributed by atoms with van der Waals surface area (Å²) >= 11 is 0. The van der Waals surface area contributed by atoms with E-state index in [1.807, 2.05) is 23.1 Å². The monoisotopic (exact) mass is 410 g/mol. The van der Waals surface area contributed by atoms with Crippen LogP contribution in [0.25, 0.3) is 10.9 Å². The maximum atomic E-state index is 12.0. The van der Waals surface area contributed by atoms with Crippen LogP contribution in [0.4, 0.5) is 17.3 Å². The number of nitrogens with one attached hydrogen (secondary N) is 1. The molecule has 0 amide bonds. The molecule has 4 heterocycles. The highest BCUT2D eigenvalue weighted by atomic mass is 16.7. The van der Waals surface area contributed by atoms with Gasteiger partial charge in [0.05, 0.1) is 31.2 Å². The zero-order chi connectivity index (χ0) is 20.7. The molecule has 0 atom stereocenters. The number of para-hydroxylation sites is 1. The maximum absolute atomic E-state index is 12.0. The molecule has 2 aliphatic heterocycles. The molecule has 0 saturated carbocycles. The van der Waals surface area contributed by atoms with Gasteiger partial charge in [-0.1, -0.05) is 18.2 Å². The van der Waals surface area contributed by atoms with Gasteiger partial charge in [0.25, 0.3) is 0 Å². The Balaban J connectivity index is 1.47. The first kappa shape index (κ1) is 18.8. The van der Waals surface area contributed by atoms with Crippen LogP contribution < -0.4 is 9.80 Å². The Labute approximate surface area is 172 Å². The zero-order valence-electron chi connectivity index (χ0n) is 16.6. The summed E-state index contributed by atoms with van der Waals surface area (Å²) in [6.45, 7) is 2.57. The van der Waals surface area contributed by atoms with Crippen molar-refractivity contribution >= 4 is 28.2 Å². The van der Waals surface area contributed by atoms with E-state index in [0.717, 1.165) is 17.6 Å². The first-order valence-electron chi connectivity index (χ1n) is 9.89. The van der Waals surface area contributed by atoms with Crippen LogP contribution in [0.3, 0.4) is 0 Å². The van der Waals surface area contributed by atoms with E-state index in [9.17, 15) is 10.1 Å². The number of nitrogens with zero attached hydrogens (tertiary/aromatic N) is 5. The lowest BCUT2D eigenvalue weighted by Crippen LogP contribution is -2.33. The summed E-state index contributed by atoms with van der Waals surface area (Å²) in [5, 5.41) is 13.2. The number of ether oxygens (including phenoxy) is 2. The Morgan fingerprint density at radius 2 is 2.10 bits per heavy atom. The van der Waals surface area contributed by atoms with E-state index >= 15 is 0 Å². The quantitative estimate of drug-likeness (QED) is 0.504. The number of hydrogen-bond acceptors (Lipinski definition) is 8. The highest BCUT2D eigenvalue weighted by molar-refractivity contribution is 5.85. The normalized spacial score (nSPS) is 16.8. The molecule has 2 aliphatic rings. The summed E-state index contributed by atoms with van der Waals surface area (Å²) in [6, 6.07) is 8.17. The molecule has 2 aromatic heterocycles. The van der Waals surface area contributed by atoms with Gasteiger partial charge in [-0.2, -0.15) is 0 Å². The number of fused-ring (bicyclic) bond motifs is 3. The first-order valence-corrected chi connectivity index (χ1v) is 9.89. The van der Waals surface area contributed by atoms with Crippen LogP contribution in [0.2, 0.25) is 0 Å². The van der Waals surface area contributed by atoms with Crippen molar-refractivity contribution in [3.63, 3.8) is 0 Å². The lowest BCUT2D eigenvalue weighted by atomic mass is 10.0. The smallest absolute Gasteiger partial charge is 0.353 e. The van der Waals surface area contributed by atoms with E-state index in [-0.39, 0.29) is 11.5 Å². The predicted molar refractivity (Wildman–Crippen MR) is 111 cm³/mol. The molecule has 0 aliphatic carbocycles. The summed E-state index contributed by atoms with van der Waals surface area (Å²) < 4.78 is 10.9. The minimum absolute atomic E-state index is 0.0995. The molecule has 10 heteroatoms. The molecule has 0 radical (unpaired) electrons. The largest absolute Gasteiger partial charge is 0.357 e. The van der Waals surface area contributed by atoms with Crippen LogP contribution in [0.15, 0.2) is 30.6 Å². The standard InChI is InChI=1S/C20H22N6O4/c1-24(11-17-29-8-9-30-17)19-18(26(27)28)20(22-12-21-19)25-7-6-14-13-4-2-3-5-15(13)23-16(14)10-25/h2-5,12,17,23H,6-11H2,1H3. The van der Waals surface area contributed by atoms with Crippen molar-refractivity contribution in [1.29, 1.82) is 0 Å². The van der Waals surface area contributed by atoms with Crippen LogP contribution in [-0.2, 0) is 22.4 Å². The highest BCUT2D eigenvalue weighted by Crippen LogP contribution is 2.37. The summed E-state index contributed by atoms with van der Waals surface area (Å²) in [7, 11) is 1.75. The molecule has 0 spiro atoms. The summed E-state index contributed by atoms with van der Waals surface area (Å²) in [5.41, 5.74) is 3.32. The molecule has 0 unspecified atom stereocenters. The van der Waals surface area contributed by atoms with Crippen molar-refractivity contribution in [1.82, 2.24) is 15.0 Å². The molecular weight excluding hydrogens is 388 g/mol. The van der Waals surface area contributed by atoms with Crippen LogP contribution in [-0.4, -0.2) is 59.5 Å². The second-order valence-corrected chi connectivity index (χ2v) is 7.48. The molecule has 5 rings (SSSR count). The van der Waals surface area contributed by atoms with Crippen molar-refractivity contribution in [3.05, 3.63) is 52.0 Å². The lowest BCUT2D eigenvalue weighted by molar-refractivity contribution is -0.383. The SMILES string of the molecule is CN(CC1OCCO1)c1ncnc(N2CCc3c([nH]c4ccccc34)C2)c1[N+](=O)[O-]. The fourth-order valence-electron chi connectivity index (χ4n) is 4.23. The van der Waals surface area contributed by atoms with Gasteiger partial charge in [0.15, 0.2) is 6.29 Å². The summed E-state index contributed by atoms with van der Waals surface area (Å²) in [5.74, 6) is 0.584. The third-order valence-electron chi connectivity index (χ3n) is 5.62. The van der Waals surface area contributed by atoms with E-state index in [1.54, 1.807) is 11.9 Å². The topological polar surface area (TPSA) is 110 Å². The molecule has 30 heavy (non-hydrogen) atoms. The second-order valence-electron chi connectivity index (χ2n) is 7.48. The van der Waals surface area contributed by atoms with E-state index < -0.39 is 11.2 Å². The number of aromatic nitrogens is 3. The number of likely N-dealkylation sites (N-methyl/N-ethyl adjacent to an activating group) is 1. The van der Waals surface area contributed by atoms with Gasteiger partial charge in [-0.25, -0.2) is 9.97 Å². The lowest BCUT2D eigenvalue weighted by Gasteiger charge is -2.29. The fourth-order valence-corrected chi connectivity index (χ4v) is 4.23. The van der Waals surface area contributed by atoms with E-state index in [4.69, 9.17) is 9.47 Å². The van der Waals surface area contributed by atoms with E-state index in [0.29, 0.717) is 38.7 Å². The third-order valence-corrected chi connectivity index (χ3v) is 5.62. The Kier molecular flexibility index (Phi) is 4.72. The first-order chi connectivity index (χ1) is 14.6. The van der Waals surface area contributed by atoms with Crippen LogP contribution in [0.1, 0.15) is 11.3 Å². The Bertz CT molecular complexity index is 1090. The minimum Gasteiger partial charge on any atom is -0.357 e. The Morgan fingerprint density at radius 1 is 1.30 bits per heavy atom. The molecular formula is C20H22N6O4. The third kappa shape index (κ3) is 3.23. The van der Waals surface area contributed by atoms with Crippen molar-refractivity contribution in [2.24, 2.45) is 0 Å². The number of anilines is 2. The van der Waals surface area contributed by atoms with Gasteiger partial charge in [0.1, 0.15) is 6.33 Å². The second kappa shape index (κ2) is 7.54.